The Balaban J connectivity index is 1.96. The molecule has 0 atom stereocenters. The maximum Gasteiger partial charge on any atom is 0.149 e. The van der Waals surface area contributed by atoms with Gasteiger partial charge in [0.05, 0.1) is 10.2 Å². The van der Waals surface area contributed by atoms with Gasteiger partial charge in [0.15, 0.2) is 0 Å². The Kier molecular flexibility index (Phi) is 4.34. The van der Waals surface area contributed by atoms with Crippen LogP contribution in [0.4, 0.5) is 14.5 Å². The number of hydrogen-bond acceptors (Lipinski definition) is 2. The van der Waals surface area contributed by atoms with E-state index in [1.807, 2.05) is 0 Å². The van der Waals surface area contributed by atoms with E-state index in [2.05, 4.69) is 21.2 Å². The minimum Gasteiger partial charge on any atom is -0.382 e. The lowest BCUT2D eigenvalue weighted by Crippen LogP contribution is -2.22. The maximum atomic E-state index is 13.4. The summed E-state index contributed by atoms with van der Waals surface area (Å²) in [7, 11) is 0. The first-order chi connectivity index (χ1) is 8.16. The minimum atomic E-state index is -0.584. The van der Waals surface area contributed by atoms with Crippen molar-refractivity contribution in [2.24, 2.45) is 5.92 Å². The minimum absolute atomic E-state index is 0.272. The SMILES string of the molecule is Fc1cc(F)c(NCC2CCOCC2)cc1Br. The Morgan fingerprint density at radius 2 is 1.94 bits per heavy atom. The van der Waals surface area contributed by atoms with Crippen molar-refractivity contribution in [3.05, 3.63) is 28.2 Å². The van der Waals surface area contributed by atoms with Gasteiger partial charge in [-0.2, -0.15) is 0 Å². The summed E-state index contributed by atoms with van der Waals surface area (Å²) in [5.74, 6) is -0.649. The van der Waals surface area contributed by atoms with Crippen LogP contribution in [0.5, 0.6) is 0 Å². The first kappa shape index (κ1) is 12.8. The average molecular weight is 306 g/mol. The summed E-state index contributed by atoms with van der Waals surface area (Å²) in [4.78, 5) is 0. The van der Waals surface area contributed by atoms with E-state index in [0.29, 0.717) is 18.2 Å². The number of nitrogens with one attached hydrogen (secondary N) is 1. The lowest BCUT2D eigenvalue weighted by atomic mass is 10.0. The monoisotopic (exact) mass is 305 g/mol. The van der Waals surface area contributed by atoms with E-state index in [1.165, 1.54) is 6.07 Å². The highest BCUT2D eigenvalue weighted by Crippen LogP contribution is 2.24. The van der Waals surface area contributed by atoms with Gasteiger partial charge in [-0.1, -0.05) is 0 Å². The number of anilines is 1. The highest BCUT2D eigenvalue weighted by molar-refractivity contribution is 9.10. The Bertz CT molecular complexity index is 394. The van der Waals surface area contributed by atoms with Gasteiger partial charge in [0.2, 0.25) is 0 Å². The molecule has 0 radical (unpaired) electrons. The van der Waals surface area contributed by atoms with Crippen molar-refractivity contribution in [3.8, 4) is 0 Å². The molecule has 0 aliphatic carbocycles. The topological polar surface area (TPSA) is 21.3 Å². The van der Waals surface area contributed by atoms with E-state index < -0.39 is 11.6 Å². The predicted octanol–water partition coefficient (Wildman–Crippen LogP) is 3.57. The second kappa shape index (κ2) is 5.78. The third kappa shape index (κ3) is 3.39. The van der Waals surface area contributed by atoms with Crippen LogP contribution in [0.3, 0.4) is 0 Å². The van der Waals surface area contributed by atoms with Crippen LogP contribution in [0, 0.1) is 17.6 Å². The van der Waals surface area contributed by atoms with Gasteiger partial charge in [0.25, 0.3) is 0 Å². The molecule has 1 heterocycles. The average Bonchev–Trinajstić information content (AvgIpc) is 2.33. The maximum absolute atomic E-state index is 13.4. The Morgan fingerprint density at radius 3 is 2.65 bits per heavy atom. The van der Waals surface area contributed by atoms with Crippen molar-refractivity contribution in [3.63, 3.8) is 0 Å². The van der Waals surface area contributed by atoms with Crippen molar-refractivity contribution >= 4 is 21.6 Å². The Labute approximate surface area is 107 Å². The van der Waals surface area contributed by atoms with Crippen LogP contribution < -0.4 is 5.32 Å². The highest BCUT2D eigenvalue weighted by Gasteiger charge is 2.15. The van der Waals surface area contributed by atoms with Crippen LogP contribution in [-0.4, -0.2) is 19.8 Å². The molecule has 0 amide bonds. The molecule has 1 aliphatic rings. The molecule has 0 bridgehead atoms. The number of halogens is 3. The number of benzene rings is 1. The Morgan fingerprint density at radius 1 is 1.24 bits per heavy atom. The van der Waals surface area contributed by atoms with E-state index in [-0.39, 0.29) is 4.47 Å². The van der Waals surface area contributed by atoms with Gasteiger partial charge in [-0.25, -0.2) is 8.78 Å². The number of ether oxygens (including phenoxy) is 1. The van der Waals surface area contributed by atoms with E-state index in [0.717, 1.165) is 32.1 Å². The molecular weight excluding hydrogens is 292 g/mol. The second-order valence-corrected chi connectivity index (χ2v) is 5.04. The Hall–Kier alpha value is -0.680. The second-order valence-electron chi connectivity index (χ2n) is 4.18. The van der Waals surface area contributed by atoms with Crippen LogP contribution in [0.25, 0.3) is 0 Å². The first-order valence-electron chi connectivity index (χ1n) is 5.63. The predicted molar refractivity (Wildman–Crippen MR) is 66.1 cm³/mol. The van der Waals surface area contributed by atoms with Crippen LogP contribution in [0.2, 0.25) is 0 Å². The molecule has 0 spiro atoms. The van der Waals surface area contributed by atoms with Gasteiger partial charge in [0, 0.05) is 25.8 Å². The van der Waals surface area contributed by atoms with Crippen molar-refractivity contribution in [2.45, 2.75) is 12.8 Å². The standard InChI is InChI=1S/C12H14BrF2NO/c13-9-5-12(11(15)6-10(9)14)16-7-8-1-3-17-4-2-8/h5-6,8,16H,1-4,7H2. The summed E-state index contributed by atoms with van der Waals surface area (Å²) in [6, 6.07) is 2.32. The molecule has 0 unspecified atom stereocenters. The van der Waals surface area contributed by atoms with E-state index in [1.54, 1.807) is 0 Å². The molecule has 5 heteroatoms. The molecule has 1 fully saturated rings. The summed E-state index contributed by atoms with van der Waals surface area (Å²) in [5, 5.41) is 3.02. The van der Waals surface area contributed by atoms with Gasteiger partial charge >= 0.3 is 0 Å². The van der Waals surface area contributed by atoms with Gasteiger partial charge < -0.3 is 10.1 Å². The highest BCUT2D eigenvalue weighted by atomic mass is 79.9. The van der Waals surface area contributed by atoms with Crippen LogP contribution in [0.1, 0.15) is 12.8 Å². The van der Waals surface area contributed by atoms with Crippen LogP contribution >= 0.6 is 15.9 Å². The molecule has 94 valence electrons. The van der Waals surface area contributed by atoms with Crippen molar-refractivity contribution in [2.75, 3.05) is 25.1 Å². The van der Waals surface area contributed by atoms with Crippen molar-refractivity contribution in [1.82, 2.24) is 0 Å². The summed E-state index contributed by atoms with van der Waals surface area (Å²) >= 11 is 3.04. The molecule has 0 saturated carbocycles. The largest absolute Gasteiger partial charge is 0.382 e. The summed E-state index contributed by atoms with van der Waals surface area (Å²) < 4.78 is 32.0. The molecule has 1 saturated heterocycles. The van der Waals surface area contributed by atoms with Gasteiger partial charge in [-0.05, 0) is 40.8 Å². The molecule has 1 aromatic rings. The van der Waals surface area contributed by atoms with Gasteiger partial charge in [0.1, 0.15) is 11.6 Å². The van der Waals surface area contributed by atoms with E-state index in [4.69, 9.17) is 4.74 Å². The van der Waals surface area contributed by atoms with Crippen LogP contribution in [0.15, 0.2) is 16.6 Å². The van der Waals surface area contributed by atoms with E-state index >= 15 is 0 Å². The third-order valence-electron chi connectivity index (χ3n) is 2.93. The molecule has 2 nitrogen and oxygen atoms in total. The fraction of sp³-hybridized carbons (Fsp3) is 0.500. The zero-order valence-corrected chi connectivity index (χ0v) is 10.9. The third-order valence-corrected chi connectivity index (χ3v) is 3.54. The zero-order valence-electron chi connectivity index (χ0n) is 9.31. The normalized spacial score (nSPS) is 17.1. The summed E-state index contributed by atoms with van der Waals surface area (Å²) in [6.45, 7) is 2.22. The van der Waals surface area contributed by atoms with Gasteiger partial charge in [-0.3, -0.25) is 0 Å². The van der Waals surface area contributed by atoms with E-state index in [9.17, 15) is 8.78 Å². The molecule has 1 N–H and O–H groups in total. The molecule has 1 aliphatic heterocycles. The van der Waals surface area contributed by atoms with Crippen molar-refractivity contribution in [1.29, 1.82) is 0 Å². The fourth-order valence-corrected chi connectivity index (χ4v) is 2.21. The number of hydrogen-bond donors (Lipinski definition) is 1. The lowest BCUT2D eigenvalue weighted by Gasteiger charge is -2.22. The quantitative estimate of drug-likeness (QED) is 0.862. The fourth-order valence-electron chi connectivity index (χ4n) is 1.86. The molecule has 17 heavy (non-hydrogen) atoms. The molecule has 2 rings (SSSR count). The molecule has 1 aromatic carbocycles. The molecular formula is C12H14BrF2NO. The first-order valence-corrected chi connectivity index (χ1v) is 6.42. The summed E-state index contributed by atoms with van der Waals surface area (Å²) in [5.41, 5.74) is 0.338. The van der Waals surface area contributed by atoms with Crippen LogP contribution in [-0.2, 0) is 4.74 Å². The molecule has 0 aromatic heterocycles. The van der Waals surface area contributed by atoms with Gasteiger partial charge in [-0.15, -0.1) is 0 Å². The smallest absolute Gasteiger partial charge is 0.149 e. The zero-order chi connectivity index (χ0) is 12.3. The number of rotatable bonds is 3. The lowest BCUT2D eigenvalue weighted by molar-refractivity contribution is 0.0699. The summed E-state index contributed by atoms with van der Waals surface area (Å²) in [6.07, 6.45) is 1.97. The van der Waals surface area contributed by atoms with Crippen molar-refractivity contribution < 1.29 is 13.5 Å².